The number of allylic oxidation sites excluding steroid dienone is 1. The van der Waals surface area contributed by atoms with Crippen molar-refractivity contribution >= 4 is 50.0 Å². The van der Waals surface area contributed by atoms with Crippen molar-refractivity contribution in [2.24, 2.45) is 11.3 Å². The quantitative estimate of drug-likeness (QED) is 0.307. The van der Waals surface area contributed by atoms with Gasteiger partial charge in [-0.15, -0.1) is 0 Å². The Bertz CT molecular complexity index is 1630. The molecule has 1 saturated carbocycles. The Balaban J connectivity index is 0.000000834. The molecule has 2 unspecified atom stereocenters. The van der Waals surface area contributed by atoms with E-state index in [2.05, 4.69) is 74.5 Å². The first kappa shape index (κ1) is 17.8. The van der Waals surface area contributed by atoms with Gasteiger partial charge in [-0.1, -0.05) is 88.4 Å². The summed E-state index contributed by atoms with van der Waals surface area (Å²) >= 11 is 0. The van der Waals surface area contributed by atoms with Crippen LogP contribution in [0.4, 0.5) is 0 Å². The van der Waals surface area contributed by atoms with Crippen LogP contribution in [0.2, 0.25) is 0 Å². The van der Waals surface area contributed by atoms with Gasteiger partial charge in [0.15, 0.2) is 0 Å². The summed E-state index contributed by atoms with van der Waals surface area (Å²) in [6, 6.07) is 16.7. The highest BCUT2D eigenvalue weighted by molar-refractivity contribution is 6.24. The summed E-state index contributed by atoms with van der Waals surface area (Å²) < 4.78 is 0. The van der Waals surface area contributed by atoms with Gasteiger partial charge in [-0.2, -0.15) is 0 Å². The fourth-order valence-corrected chi connectivity index (χ4v) is 6.84. The Hall–Kier alpha value is -2.86. The molecular weight excluding hydrogens is 372 g/mol. The number of hydrogen-bond donors (Lipinski definition) is 0. The highest BCUT2D eigenvalue weighted by Gasteiger charge is 2.55. The van der Waals surface area contributed by atoms with E-state index in [-0.39, 0.29) is 5.41 Å². The molecule has 0 nitrogen and oxygen atoms in total. The molecule has 31 heavy (non-hydrogen) atoms. The van der Waals surface area contributed by atoms with Gasteiger partial charge in [0.05, 0.1) is 0 Å². The normalized spacial score (nSPS) is 23.4. The van der Waals surface area contributed by atoms with Crippen LogP contribution in [0.3, 0.4) is 0 Å². The Labute approximate surface area is 183 Å². The van der Waals surface area contributed by atoms with Crippen LogP contribution in [0.1, 0.15) is 56.7 Å². The van der Waals surface area contributed by atoms with Crippen molar-refractivity contribution in [2.75, 3.05) is 0 Å². The van der Waals surface area contributed by atoms with Gasteiger partial charge in [-0.25, -0.2) is 0 Å². The van der Waals surface area contributed by atoms with Gasteiger partial charge >= 0.3 is 0 Å². The SMILES string of the molecule is CC.CC(C)c1cc2ccc3ccc4c5c3c2c2c3c(ccc12)=CC1CC1(C=C4)C=3C5. The molecule has 4 aliphatic carbocycles. The standard InChI is InChI=1S/C29H22.C2H6/c1-15(2)22-12-19-6-5-17-4-3-16-9-10-29-14-20(29)11-18-7-8-21(22)28-26(18)24(29)13-23(16)25(17)27(19)28;1-2/h3-12,15,20H,13-14H2,1-2H3;1-2H3. The van der Waals surface area contributed by atoms with E-state index in [1.54, 1.807) is 16.4 Å². The van der Waals surface area contributed by atoms with E-state index >= 15 is 0 Å². The molecule has 0 saturated heterocycles. The van der Waals surface area contributed by atoms with Crippen LogP contribution in [0.15, 0.2) is 48.5 Å². The van der Waals surface area contributed by atoms with E-state index in [0.717, 1.165) is 6.42 Å². The first-order valence-electron chi connectivity index (χ1n) is 12.0. The Morgan fingerprint density at radius 2 is 1.71 bits per heavy atom. The first-order chi connectivity index (χ1) is 15.2. The van der Waals surface area contributed by atoms with Crippen molar-refractivity contribution in [3.63, 3.8) is 0 Å². The van der Waals surface area contributed by atoms with E-state index in [0.29, 0.717) is 11.8 Å². The molecule has 8 rings (SSSR count). The topological polar surface area (TPSA) is 0 Å². The first-order valence-corrected chi connectivity index (χ1v) is 12.0. The lowest BCUT2D eigenvalue weighted by atomic mass is 9.82. The second-order valence-electron chi connectivity index (χ2n) is 9.97. The maximum Gasteiger partial charge on any atom is 0.0176 e. The molecule has 0 heteroatoms. The van der Waals surface area contributed by atoms with E-state index in [9.17, 15) is 0 Å². The molecule has 2 bridgehead atoms. The monoisotopic (exact) mass is 400 g/mol. The van der Waals surface area contributed by atoms with E-state index < -0.39 is 0 Å². The van der Waals surface area contributed by atoms with Crippen LogP contribution in [0.5, 0.6) is 0 Å². The molecular formula is C31H28. The van der Waals surface area contributed by atoms with Crippen LogP contribution in [0, 0.1) is 11.3 Å². The summed E-state index contributed by atoms with van der Waals surface area (Å²) in [6.45, 7) is 8.68. The third-order valence-electron chi connectivity index (χ3n) is 8.31. The average molecular weight is 401 g/mol. The number of hydrogen-bond acceptors (Lipinski definition) is 0. The van der Waals surface area contributed by atoms with Gasteiger partial charge in [0, 0.05) is 5.41 Å². The number of benzene rings is 4. The van der Waals surface area contributed by atoms with Gasteiger partial charge < -0.3 is 0 Å². The molecule has 1 fully saturated rings. The van der Waals surface area contributed by atoms with E-state index in [4.69, 9.17) is 0 Å². The minimum Gasteiger partial charge on any atom is -0.0730 e. The lowest BCUT2D eigenvalue weighted by Crippen LogP contribution is -2.34. The molecule has 2 atom stereocenters. The molecule has 0 radical (unpaired) electrons. The zero-order valence-electron chi connectivity index (χ0n) is 18.8. The second-order valence-corrected chi connectivity index (χ2v) is 9.97. The highest BCUT2D eigenvalue weighted by atomic mass is 14.6. The zero-order valence-corrected chi connectivity index (χ0v) is 18.8. The van der Waals surface area contributed by atoms with Crippen molar-refractivity contribution in [1.29, 1.82) is 0 Å². The molecule has 0 aromatic heterocycles. The van der Waals surface area contributed by atoms with Crippen molar-refractivity contribution in [1.82, 2.24) is 0 Å². The molecule has 0 N–H and O–H groups in total. The van der Waals surface area contributed by atoms with Crippen LogP contribution < -0.4 is 10.4 Å². The third kappa shape index (κ3) is 1.98. The summed E-state index contributed by atoms with van der Waals surface area (Å²) in [7, 11) is 0. The largest absolute Gasteiger partial charge is 0.0730 e. The Kier molecular flexibility index (Phi) is 3.26. The van der Waals surface area contributed by atoms with Crippen LogP contribution in [0.25, 0.3) is 50.0 Å². The molecule has 152 valence electrons. The lowest BCUT2D eigenvalue weighted by molar-refractivity contribution is 0.801. The van der Waals surface area contributed by atoms with Gasteiger partial charge in [0.2, 0.25) is 0 Å². The van der Waals surface area contributed by atoms with Gasteiger partial charge in [0.1, 0.15) is 0 Å². The minimum atomic E-state index is 0.273. The van der Waals surface area contributed by atoms with Crippen LogP contribution >= 0.6 is 0 Å². The minimum absolute atomic E-state index is 0.273. The number of rotatable bonds is 1. The molecule has 0 heterocycles. The second kappa shape index (κ2) is 5.68. The summed E-state index contributed by atoms with van der Waals surface area (Å²) in [4.78, 5) is 0. The zero-order chi connectivity index (χ0) is 21.1. The fourth-order valence-electron chi connectivity index (χ4n) is 6.84. The fraction of sp³-hybridized carbons (Fsp3) is 0.290. The van der Waals surface area contributed by atoms with Crippen molar-refractivity contribution < 1.29 is 0 Å². The lowest BCUT2D eigenvalue weighted by Gasteiger charge is -2.21. The maximum absolute atomic E-state index is 2.58. The molecule has 4 aromatic rings. The summed E-state index contributed by atoms with van der Waals surface area (Å²) in [5, 5.41) is 11.9. The van der Waals surface area contributed by atoms with Crippen LogP contribution in [-0.4, -0.2) is 0 Å². The Morgan fingerprint density at radius 3 is 2.55 bits per heavy atom. The van der Waals surface area contributed by atoms with E-state index in [1.807, 2.05) is 13.8 Å². The Morgan fingerprint density at radius 1 is 0.903 bits per heavy atom. The van der Waals surface area contributed by atoms with Crippen LogP contribution in [-0.2, 0) is 6.42 Å². The van der Waals surface area contributed by atoms with Crippen molar-refractivity contribution in [2.45, 2.75) is 46.5 Å². The van der Waals surface area contributed by atoms with Crippen molar-refractivity contribution in [3.8, 4) is 0 Å². The summed E-state index contributed by atoms with van der Waals surface area (Å²) in [6.07, 6.45) is 9.97. The molecule has 0 amide bonds. The molecule has 1 spiro atoms. The molecule has 4 aromatic carbocycles. The van der Waals surface area contributed by atoms with E-state index in [1.165, 1.54) is 55.1 Å². The summed E-state index contributed by atoms with van der Waals surface area (Å²) in [5.74, 6) is 1.21. The predicted molar refractivity (Wildman–Crippen MR) is 135 cm³/mol. The van der Waals surface area contributed by atoms with Gasteiger partial charge in [-0.05, 0) is 89.7 Å². The maximum atomic E-state index is 2.58. The molecule has 0 aliphatic heterocycles. The third-order valence-corrected chi connectivity index (χ3v) is 8.31. The highest BCUT2D eigenvalue weighted by Crippen LogP contribution is 2.63. The van der Waals surface area contributed by atoms with Gasteiger partial charge in [0.25, 0.3) is 0 Å². The smallest absolute Gasteiger partial charge is 0.0176 e. The van der Waals surface area contributed by atoms with Crippen molar-refractivity contribution in [3.05, 3.63) is 75.7 Å². The predicted octanol–water partition coefficient (Wildman–Crippen LogP) is 6.83. The van der Waals surface area contributed by atoms with Gasteiger partial charge in [-0.3, -0.25) is 0 Å². The molecule has 4 aliphatic rings. The summed E-state index contributed by atoms with van der Waals surface area (Å²) in [5.41, 5.74) is 6.46. The average Bonchev–Trinajstić information content (AvgIpc) is 3.56.